The molecule has 3 amide bonds. The normalized spacial score (nSPS) is 16.2. The lowest BCUT2D eigenvalue weighted by Crippen LogP contribution is -2.55. The number of fused-ring (bicyclic) bond motifs is 1. The van der Waals surface area contributed by atoms with Gasteiger partial charge in [-0.05, 0) is 37.0 Å². The number of nitrogens with one attached hydrogen (secondary N) is 1. The van der Waals surface area contributed by atoms with Crippen LogP contribution >= 0.6 is 0 Å². The second kappa shape index (κ2) is 9.85. The summed E-state index contributed by atoms with van der Waals surface area (Å²) in [6, 6.07) is 16.0. The zero-order chi connectivity index (χ0) is 25.2. The van der Waals surface area contributed by atoms with E-state index in [-0.39, 0.29) is 24.3 Å². The molecular formula is C27H28FN5O3. The number of aromatic nitrogens is 1. The molecule has 2 N–H and O–H groups in total. The van der Waals surface area contributed by atoms with Gasteiger partial charge in [-0.25, -0.2) is 19.0 Å². The Bertz CT molecular complexity index is 1260. The Morgan fingerprint density at radius 3 is 2.58 bits per heavy atom. The maximum atomic E-state index is 14.9. The van der Waals surface area contributed by atoms with Crippen LogP contribution in [-0.4, -0.2) is 46.2 Å². The molecule has 3 heterocycles. The molecule has 0 spiro atoms. The Kier molecular flexibility index (Phi) is 6.45. The van der Waals surface area contributed by atoms with E-state index in [1.54, 1.807) is 30.2 Å². The molecule has 2 aromatic carbocycles. The lowest BCUT2D eigenvalue weighted by molar-refractivity contribution is 0.132. The summed E-state index contributed by atoms with van der Waals surface area (Å²) < 4.78 is 14.9. The van der Waals surface area contributed by atoms with Crippen molar-refractivity contribution in [2.24, 2.45) is 0 Å². The highest BCUT2D eigenvalue weighted by atomic mass is 19.1. The molecule has 0 aliphatic carbocycles. The number of carbonyl (C=O) groups excluding carboxylic acids is 1. The SMILES string of the molecule is Cc1cccc(F)c1N1Cc2cnc(NCc3ccccc3)cc2N(C2CCN(C(=O)O)CC2)C1=O. The van der Waals surface area contributed by atoms with Gasteiger partial charge in [-0.3, -0.25) is 9.80 Å². The van der Waals surface area contributed by atoms with Crippen molar-refractivity contribution < 1.29 is 19.1 Å². The Morgan fingerprint density at radius 2 is 1.89 bits per heavy atom. The summed E-state index contributed by atoms with van der Waals surface area (Å²) in [5, 5.41) is 12.7. The first kappa shape index (κ1) is 23.6. The smallest absolute Gasteiger partial charge is 0.407 e. The van der Waals surface area contributed by atoms with E-state index in [1.807, 2.05) is 36.4 Å². The predicted molar refractivity (Wildman–Crippen MR) is 136 cm³/mol. The van der Waals surface area contributed by atoms with Gasteiger partial charge in [-0.1, -0.05) is 42.5 Å². The minimum atomic E-state index is -0.959. The van der Waals surface area contributed by atoms with Crippen molar-refractivity contribution in [2.45, 2.75) is 38.9 Å². The van der Waals surface area contributed by atoms with Crippen molar-refractivity contribution in [3.8, 4) is 0 Å². The standard InChI is InChI=1S/C27H28FN5O3/c1-18-6-5-9-22(28)25(18)32-17-20-16-30-24(29-15-19-7-3-2-4-8-19)14-23(20)33(26(32)34)21-10-12-31(13-11-21)27(35)36/h2-9,14,16,21H,10-13,15,17H2,1H3,(H,29,30)(H,35,36). The summed E-state index contributed by atoms with van der Waals surface area (Å²) in [5.41, 5.74) is 3.56. The summed E-state index contributed by atoms with van der Waals surface area (Å²) in [6.45, 7) is 3.24. The average Bonchev–Trinajstić information content (AvgIpc) is 2.88. The number of halogens is 1. The zero-order valence-electron chi connectivity index (χ0n) is 20.0. The number of pyridine rings is 1. The van der Waals surface area contributed by atoms with E-state index >= 15 is 0 Å². The van der Waals surface area contributed by atoms with E-state index in [0.29, 0.717) is 43.9 Å². The third-order valence-electron chi connectivity index (χ3n) is 6.86. The molecule has 0 saturated carbocycles. The van der Waals surface area contributed by atoms with Crippen molar-refractivity contribution in [1.29, 1.82) is 0 Å². The molecule has 1 aromatic heterocycles. The molecule has 0 unspecified atom stereocenters. The molecular weight excluding hydrogens is 461 g/mol. The second-order valence-corrected chi connectivity index (χ2v) is 9.18. The quantitative estimate of drug-likeness (QED) is 0.512. The van der Waals surface area contributed by atoms with Crippen LogP contribution in [0.3, 0.4) is 0 Å². The molecule has 9 heteroatoms. The Morgan fingerprint density at radius 1 is 1.14 bits per heavy atom. The number of piperidine rings is 1. The summed E-state index contributed by atoms with van der Waals surface area (Å²) in [5.74, 6) is 0.176. The number of carbonyl (C=O) groups is 2. The molecule has 1 saturated heterocycles. The molecule has 0 bridgehead atoms. The van der Waals surface area contributed by atoms with Crippen molar-refractivity contribution in [3.05, 3.63) is 83.3 Å². The van der Waals surface area contributed by atoms with Gasteiger partial charge in [0.25, 0.3) is 0 Å². The lowest BCUT2D eigenvalue weighted by Gasteiger charge is -2.44. The van der Waals surface area contributed by atoms with Gasteiger partial charge in [-0.15, -0.1) is 0 Å². The third-order valence-corrected chi connectivity index (χ3v) is 6.86. The maximum Gasteiger partial charge on any atom is 0.407 e. The van der Waals surface area contributed by atoms with Gasteiger partial charge in [-0.2, -0.15) is 0 Å². The van der Waals surface area contributed by atoms with Crippen LogP contribution < -0.4 is 15.1 Å². The molecule has 0 atom stereocenters. The number of amides is 3. The van der Waals surface area contributed by atoms with Crippen molar-refractivity contribution in [3.63, 3.8) is 0 Å². The van der Waals surface area contributed by atoms with E-state index in [9.17, 15) is 19.1 Å². The molecule has 5 rings (SSSR count). The van der Waals surface area contributed by atoms with Gasteiger partial charge < -0.3 is 15.3 Å². The number of rotatable bonds is 5. The van der Waals surface area contributed by atoms with Crippen LogP contribution in [0, 0.1) is 12.7 Å². The molecule has 1 fully saturated rings. The van der Waals surface area contributed by atoms with E-state index in [2.05, 4.69) is 10.3 Å². The van der Waals surface area contributed by atoms with Gasteiger partial charge in [0.1, 0.15) is 11.6 Å². The van der Waals surface area contributed by atoms with Crippen LogP contribution in [0.5, 0.6) is 0 Å². The first-order valence-electron chi connectivity index (χ1n) is 12.0. The predicted octanol–water partition coefficient (Wildman–Crippen LogP) is 5.23. The van der Waals surface area contributed by atoms with Crippen molar-refractivity contribution in [1.82, 2.24) is 9.88 Å². The fraction of sp³-hybridized carbons (Fsp3) is 0.296. The van der Waals surface area contributed by atoms with Crippen molar-refractivity contribution in [2.75, 3.05) is 28.2 Å². The minimum absolute atomic E-state index is 0.201. The monoisotopic (exact) mass is 489 g/mol. The maximum absolute atomic E-state index is 14.9. The molecule has 2 aliphatic rings. The molecule has 0 radical (unpaired) electrons. The van der Waals surface area contributed by atoms with Crippen LogP contribution in [0.4, 0.5) is 31.2 Å². The van der Waals surface area contributed by atoms with Crippen molar-refractivity contribution >= 4 is 29.3 Å². The number of anilines is 3. The van der Waals surface area contributed by atoms with E-state index in [1.165, 1.54) is 15.9 Å². The van der Waals surface area contributed by atoms with Gasteiger partial charge in [0.15, 0.2) is 0 Å². The molecule has 36 heavy (non-hydrogen) atoms. The fourth-order valence-corrected chi connectivity index (χ4v) is 4.98. The van der Waals surface area contributed by atoms with Crippen LogP contribution in [0.2, 0.25) is 0 Å². The number of hydrogen-bond acceptors (Lipinski definition) is 4. The van der Waals surface area contributed by atoms with Gasteiger partial charge >= 0.3 is 12.1 Å². The van der Waals surface area contributed by atoms with Crippen LogP contribution in [0.25, 0.3) is 0 Å². The van der Waals surface area contributed by atoms with Crippen LogP contribution in [0.15, 0.2) is 60.8 Å². The van der Waals surface area contributed by atoms with E-state index < -0.39 is 11.9 Å². The first-order chi connectivity index (χ1) is 17.4. The molecule has 2 aliphatic heterocycles. The van der Waals surface area contributed by atoms with E-state index in [0.717, 1.165) is 16.8 Å². The summed E-state index contributed by atoms with van der Waals surface area (Å²) in [4.78, 5) is 34.4. The second-order valence-electron chi connectivity index (χ2n) is 9.18. The van der Waals surface area contributed by atoms with Crippen LogP contribution in [-0.2, 0) is 13.1 Å². The molecule has 3 aromatic rings. The number of aryl methyl sites for hydroxylation is 1. The van der Waals surface area contributed by atoms with Gasteiger partial charge in [0, 0.05) is 43.5 Å². The van der Waals surface area contributed by atoms with Gasteiger partial charge in [0.05, 0.1) is 17.9 Å². The minimum Gasteiger partial charge on any atom is -0.465 e. The molecule has 186 valence electrons. The number of nitrogens with zero attached hydrogens (tertiary/aromatic N) is 4. The van der Waals surface area contributed by atoms with Gasteiger partial charge in [0.2, 0.25) is 0 Å². The number of para-hydroxylation sites is 1. The highest BCUT2D eigenvalue weighted by molar-refractivity contribution is 6.07. The molecule has 8 nitrogen and oxygen atoms in total. The van der Waals surface area contributed by atoms with E-state index in [4.69, 9.17) is 0 Å². The third kappa shape index (κ3) is 4.56. The number of urea groups is 1. The summed E-state index contributed by atoms with van der Waals surface area (Å²) in [7, 11) is 0. The average molecular weight is 490 g/mol. The largest absolute Gasteiger partial charge is 0.465 e. The highest BCUT2D eigenvalue weighted by Crippen LogP contribution is 2.38. The number of benzene rings is 2. The summed E-state index contributed by atoms with van der Waals surface area (Å²) in [6.07, 6.45) is 1.77. The lowest BCUT2D eigenvalue weighted by atomic mass is 10.00. The first-order valence-corrected chi connectivity index (χ1v) is 12.0. The number of hydrogen-bond donors (Lipinski definition) is 2. The van der Waals surface area contributed by atoms with Crippen LogP contribution in [0.1, 0.15) is 29.5 Å². The topological polar surface area (TPSA) is 89.0 Å². The fourth-order valence-electron chi connectivity index (χ4n) is 4.98. The Labute approximate surface area is 209 Å². The Hall–Kier alpha value is -4.14. The summed E-state index contributed by atoms with van der Waals surface area (Å²) >= 11 is 0. The number of likely N-dealkylation sites (tertiary alicyclic amines) is 1. The number of carboxylic acid groups (broad SMARTS) is 1. The Balaban J connectivity index is 1.49. The highest BCUT2D eigenvalue weighted by Gasteiger charge is 2.39. The zero-order valence-corrected chi connectivity index (χ0v) is 20.0.